The molecule has 0 fully saturated rings. The highest BCUT2D eigenvalue weighted by Crippen LogP contribution is 2.18. The number of nitrogens with one attached hydrogen (secondary N) is 1. The second kappa shape index (κ2) is 7.55. The van der Waals surface area contributed by atoms with Gasteiger partial charge in [0.15, 0.2) is 0 Å². The first-order valence-electron chi connectivity index (χ1n) is 6.86. The van der Waals surface area contributed by atoms with Gasteiger partial charge in [0.1, 0.15) is 5.82 Å². The lowest BCUT2D eigenvalue weighted by atomic mass is 9.98. The summed E-state index contributed by atoms with van der Waals surface area (Å²) in [7, 11) is 0. The summed E-state index contributed by atoms with van der Waals surface area (Å²) in [6.07, 6.45) is 1.07. The summed E-state index contributed by atoms with van der Waals surface area (Å²) in [4.78, 5) is 0. The first-order valence-corrected chi connectivity index (χ1v) is 7.65. The summed E-state index contributed by atoms with van der Waals surface area (Å²) in [5, 5.41) is 3.37. The molecule has 2 rings (SSSR count). The average Bonchev–Trinajstić information content (AvgIpc) is 2.48. The number of hydrogen-bond donors (Lipinski definition) is 1. The van der Waals surface area contributed by atoms with Gasteiger partial charge in [-0.05, 0) is 58.1 Å². The van der Waals surface area contributed by atoms with Crippen molar-refractivity contribution in [3.05, 3.63) is 69.9 Å². The molecule has 1 nitrogen and oxygen atoms in total. The fourth-order valence-corrected chi connectivity index (χ4v) is 2.40. The first-order chi connectivity index (χ1) is 9.66. The zero-order chi connectivity index (χ0) is 14.4. The lowest BCUT2D eigenvalue weighted by molar-refractivity contribution is 0.587. The van der Waals surface area contributed by atoms with Crippen molar-refractivity contribution in [1.29, 1.82) is 0 Å². The molecule has 0 saturated carbocycles. The van der Waals surface area contributed by atoms with E-state index in [1.54, 1.807) is 12.1 Å². The minimum Gasteiger partial charge on any atom is -0.313 e. The highest BCUT2D eigenvalue weighted by Gasteiger charge is 2.04. The minimum atomic E-state index is -0.207. The lowest BCUT2D eigenvalue weighted by Gasteiger charge is -2.12. The van der Waals surface area contributed by atoms with Crippen LogP contribution < -0.4 is 5.32 Å². The quantitative estimate of drug-likeness (QED) is 0.742. The van der Waals surface area contributed by atoms with Crippen molar-refractivity contribution in [2.75, 3.05) is 6.54 Å². The summed E-state index contributed by atoms with van der Waals surface area (Å²) < 4.78 is 13.9. The molecule has 0 saturated heterocycles. The van der Waals surface area contributed by atoms with Gasteiger partial charge in [-0.25, -0.2) is 4.39 Å². The molecule has 1 unspecified atom stereocenters. The first kappa shape index (κ1) is 15.2. The van der Waals surface area contributed by atoms with Gasteiger partial charge < -0.3 is 5.32 Å². The van der Waals surface area contributed by atoms with Crippen molar-refractivity contribution in [3.8, 4) is 0 Å². The van der Waals surface area contributed by atoms with Crippen LogP contribution in [0.5, 0.6) is 0 Å². The standard InChI is InChI=1S/C17H19BrFN/c1-13(15-5-3-2-4-6-15)9-10-20-12-14-7-8-16(18)17(19)11-14/h2-8,11,13,20H,9-10,12H2,1H3. The number of rotatable bonds is 6. The molecule has 20 heavy (non-hydrogen) atoms. The molecule has 0 heterocycles. The smallest absolute Gasteiger partial charge is 0.137 e. The molecule has 0 amide bonds. The van der Waals surface area contributed by atoms with Gasteiger partial charge in [-0.1, -0.05) is 43.3 Å². The van der Waals surface area contributed by atoms with Crippen LogP contribution in [0.15, 0.2) is 53.0 Å². The van der Waals surface area contributed by atoms with Crippen LogP contribution in [0.3, 0.4) is 0 Å². The van der Waals surface area contributed by atoms with Gasteiger partial charge >= 0.3 is 0 Å². The molecule has 1 N–H and O–H groups in total. The summed E-state index contributed by atoms with van der Waals surface area (Å²) in [5.74, 6) is 0.326. The Labute approximate surface area is 128 Å². The second-order valence-corrected chi connectivity index (χ2v) is 5.88. The molecule has 3 heteroatoms. The second-order valence-electron chi connectivity index (χ2n) is 5.03. The minimum absolute atomic E-state index is 0.207. The van der Waals surface area contributed by atoms with Crippen LogP contribution in [0, 0.1) is 5.82 Å². The van der Waals surface area contributed by atoms with Gasteiger partial charge in [0.2, 0.25) is 0 Å². The molecule has 0 aliphatic rings. The number of benzene rings is 2. The Bertz CT molecular complexity index is 542. The summed E-state index contributed by atoms with van der Waals surface area (Å²) >= 11 is 3.16. The highest BCUT2D eigenvalue weighted by atomic mass is 79.9. The van der Waals surface area contributed by atoms with E-state index in [2.05, 4.69) is 52.4 Å². The van der Waals surface area contributed by atoms with E-state index in [9.17, 15) is 4.39 Å². The summed E-state index contributed by atoms with van der Waals surface area (Å²) in [5.41, 5.74) is 2.34. The molecule has 0 bridgehead atoms. The SMILES string of the molecule is CC(CCNCc1ccc(Br)c(F)c1)c1ccccc1. The predicted molar refractivity (Wildman–Crippen MR) is 85.3 cm³/mol. The van der Waals surface area contributed by atoms with Gasteiger partial charge in [-0.2, -0.15) is 0 Å². The van der Waals surface area contributed by atoms with Gasteiger partial charge in [0.05, 0.1) is 4.47 Å². The zero-order valence-corrected chi connectivity index (χ0v) is 13.2. The van der Waals surface area contributed by atoms with Crippen LogP contribution in [0.25, 0.3) is 0 Å². The summed E-state index contributed by atoms with van der Waals surface area (Å²) in [6, 6.07) is 15.8. The van der Waals surface area contributed by atoms with E-state index in [0.717, 1.165) is 18.5 Å². The van der Waals surface area contributed by atoms with E-state index >= 15 is 0 Å². The number of hydrogen-bond acceptors (Lipinski definition) is 1. The molecule has 0 aliphatic carbocycles. The predicted octanol–water partition coefficient (Wildman–Crippen LogP) is 4.87. The third kappa shape index (κ3) is 4.43. The van der Waals surface area contributed by atoms with Crippen LogP contribution in [0.2, 0.25) is 0 Å². The topological polar surface area (TPSA) is 12.0 Å². The van der Waals surface area contributed by atoms with Crippen molar-refractivity contribution in [1.82, 2.24) is 5.32 Å². The third-order valence-electron chi connectivity index (χ3n) is 3.44. The Balaban J connectivity index is 1.75. The van der Waals surface area contributed by atoms with E-state index in [1.165, 1.54) is 5.56 Å². The van der Waals surface area contributed by atoms with E-state index in [0.29, 0.717) is 16.9 Å². The van der Waals surface area contributed by atoms with E-state index in [4.69, 9.17) is 0 Å². The number of halogens is 2. The monoisotopic (exact) mass is 335 g/mol. The van der Waals surface area contributed by atoms with Crippen molar-refractivity contribution < 1.29 is 4.39 Å². The molecule has 2 aromatic carbocycles. The third-order valence-corrected chi connectivity index (χ3v) is 4.08. The molecular weight excluding hydrogens is 317 g/mol. The highest BCUT2D eigenvalue weighted by molar-refractivity contribution is 9.10. The Morgan fingerprint density at radius 1 is 1.15 bits per heavy atom. The Morgan fingerprint density at radius 2 is 1.90 bits per heavy atom. The average molecular weight is 336 g/mol. The molecular formula is C17H19BrFN. The Morgan fingerprint density at radius 3 is 2.60 bits per heavy atom. The fraction of sp³-hybridized carbons (Fsp3) is 0.294. The largest absolute Gasteiger partial charge is 0.313 e. The zero-order valence-electron chi connectivity index (χ0n) is 11.6. The maximum Gasteiger partial charge on any atom is 0.137 e. The fourth-order valence-electron chi connectivity index (χ4n) is 2.15. The lowest BCUT2D eigenvalue weighted by Crippen LogP contribution is -2.16. The normalized spacial score (nSPS) is 12.3. The van der Waals surface area contributed by atoms with Crippen LogP contribution in [-0.2, 0) is 6.54 Å². The van der Waals surface area contributed by atoms with Crippen molar-refractivity contribution in [3.63, 3.8) is 0 Å². The van der Waals surface area contributed by atoms with Crippen LogP contribution >= 0.6 is 15.9 Å². The molecule has 0 spiro atoms. The van der Waals surface area contributed by atoms with Crippen LogP contribution in [-0.4, -0.2) is 6.54 Å². The van der Waals surface area contributed by atoms with Gasteiger partial charge in [-0.15, -0.1) is 0 Å². The Kier molecular flexibility index (Phi) is 5.74. The molecule has 106 valence electrons. The van der Waals surface area contributed by atoms with Gasteiger partial charge in [-0.3, -0.25) is 0 Å². The van der Waals surface area contributed by atoms with Crippen LogP contribution in [0.1, 0.15) is 30.4 Å². The molecule has 0 radical (unpaired) electrons. The maximum absolute atomic E-state index is 13.4. The van der Waals surface area contributed by atoms with Gasteiger partial charge in [0.25, 0.3) is 0 Å². The van der Waals surface area contributed by atoms with Crippen molar-refractivity contribution >= 4 is 15.9 Å². The maximum atomic E-state index is 13.4. The van der Waals surface area contributed by atoms with E-state index < -0.39 is 0 Å². The molecule has 1 atom stereocenters. The summed E-state index contributed by atoms with van der Waals surface area (Å²) in [6.45, 7) is 3.86. The van der Waals surface area contributed by atoms with Gasteiger partial charge in [0, 0.05) is 6.54 Å². The van der Waals surface area contributed by atoms with E-state index in [1.807, 2.05) is 12.1 Å². The van der Waals surface area contributed by atoms with E-state index in [-0.39, 0.29) is 5.82 Å². The van der Waals surface area contributed by atoms with Crippen molar-refractivity contribution in [2.24, 2.45) is 0 Å². The molecule has 0 aliphatic heterocycles. The molecule has 2 aromatic rings. The molecule has 0 aromatic heterocycles. The Hall–Kier alpha value is -1.19. The van der Waals surface area contributed by atoms with Crippen LogP contribution in [0.4, 0.5) is 4.39 Å². The van der Waals surface area contributed by atoms with Crippen molar-refractivity contribution in [2.45, 2.75) is 25.8 Å².